The van der Waals surface area contributed by atoms with Gasteiger partial charge in [-0.2, -0.15) is 14.0 Å². The fourth-order valence-electron chi connectivity index (χ4n) is 3.44. The Bertz CT molecular complexity index is 1210. The summed E-state index contributed by atoms with van der Waals surface area (Å²) in [4.78, 5) is 36.3. The quantitative estimate of drug-likeness (QED) is 0.173. The van der Waals surface area contributed by atoms with Gasteiger partial charge in [0.05, 0.1) is 12.2 Å². The van der Waals surface area contributed by atoms with Crippen LogP contribution in [0.3, 0.4) is 0 Å². The van der Waals surface area contributed by atoms with Crippen LogP contribution >= 0.6 is 42.8 Å². The summed E-state index contributed by atoms with van der Waals surface area (Å²) < 4.78 is 17.8. The summed E-state index contributed by atoms with van der Waals surface area (Å²) in [5.41, 5.74) is 5.34. The molecule has 2 saturated heterocycles. The molecule has 1 aromatic carbocycles. The molecule has 11 nitrogen and oxygen atoms in total. The van der Waals surface area contributed by atoms with E-state index in [2.05, 4.69) is 27.2 Å². The van der Waals surface area contributed by atoms with Crippen molar-refractivity contribution < 1.29 is 53.3 Å². The van der Waals surface area contributed by atoms with Crippen LogP contribution in [0.4, 0.5) is 5.95 Å². The molecular formula is C16H15ClN5NaO6PS2+. The van der Waals surface area contributed by atoms with Crippen LogP contribution in [0.25, 0.3) is 11.2 Å². The molecule has 4 heterocycles. The van der Waals surface area contributed by atoms with E-state index >= 15 is 0 Å². The third kappa shape index (κ3) is 4.59. The van der Waals surface area contributed by atoms with E-state index in [0.717, 1.165) is 4.90 Å². The van der Waals surface area contributed by atoms with Crippen molar-refractivity contribution in [1.29, 1.82) is 0 Å². The van der Waals surface area contributed by atoms with Gasteiger partial charge in [-0.05, 0) is 24.3 Å². The molecular weight excluding hydrogens is 512 g/mol. The first-order valence-corrected chi connectivity index (χ1v) is 12.8. The third-order valence-corrected chi connectivity index (χ3v) is 7.62. The number of halogens is 1. The number of aliphatic hydroxyl groups is 1. The predicted molar refractivity (Wildman–Crippen MR) is 115 cm³/mol. The van der Waals surface area contributed by atoms with Gasteiger partial charge >= 0.3 is 29.6 Å². The number of benzene rings is 1. The number of anilines is 1. The molecule has 2 aliphatic heterocycles. The third-order valence-electron chi connectivity index (χ3n) is 4.78. The molecule has 16 heteroatoms. The summed E-state index contributed by atoms with van der Waals surface area (Å²) in [7, 11) is -3.61. The second-order valence-electron chi connectivity index (χ2n) is 6.83. The van der Waals surface area contributed by atoms with E-state index in [0.29, 0.717) is 10.2 Å². The molecule has 32 heavy (non-hydrogen) atoms. The first-order chi connectivity index (χ1) is 14.7. The van der Waals surface area contributed by atoms with Crippen molar-refractivity contribution >= 4 is 59.9 Å². The molecule has 0 amide bonds. The largest absolute Gasteiger partial charge is 1.00 e. The van der Waals surface area contributed by atoms with Crippen LogP contribution in [0, 0.1) is 0 Å². The normalized spacial score (nSPS) is 29.6. The van der Waals surface area contributed by atoms with Gasteiger partial charge < -0.3 is 20.5 Å². The van der Waals surface area contributed by atoms with Crippen molar-refractivity contribution in [2.75, 3.05) is 12.3 Å². The molecule has 3 unspecified atom stereocenters. The van der Waals surface area contributed by atoms with Gasteiger partial charge in [-0.15, -0.1) is 0 Å². The smallest absolute Gasteiger partial charge is 0.622 e. The molecule has 164 valence electrons. The Morgan fingerprint density at radius 2 is 2.09 bits per heavy atom. The van der Waals surface area contributed by atoms with Crippen molar-refractivity contribution in [2.24, 2.45) is 0 Å². The van der Waals surface area contributed by atoms with Crippen LogP contribution in [-0.4, -0.2) is 49.5 Å². The molecule has 0 spiro atoms. The first kappa shape index (κ1) is 24.7. The summed E-state index contributed by atoms with van der Waals surface area (Å²) in [6, 6.07) is 6.99. The van der Waals surface area contributed by atoms with Gasteiger partial charge in [-0.25, -0.2) is 4.98 Å². The van der Waals surface area contributed by atoms with Crippen molar-refractivity contribution in [2.45, 2.75) is 34.6 Å². The Hall–Kier alpha value is -0.410. The average Bonchev–Trinajstić information content (AvgIpc) is 3.20. The van der Waals surface area contributed by atoms with Crippen molar-refractivity contribution in [3.63, 3.8) is 0 Å². The maximum absolute atomic E-state index is 12.4. The van der Waals surface area contributed by atoms with Gasteiger partial charge in [0.1, 0.15) is 18.8 Å². The number of fused-ring (bicyclic) bond motifs is 2. The molecule has 5 atom stereocenters. The predicted octanol–water partition coefficient (Wildman–Crippen LogP) is -1.85. The maximum Gasteiger partial charge on any atom is 1.00 e. The van der Waals surface area contributed by atoms with Gasteiger partial charge in [0, 0.05) is 9.92 Å². The molecule has 2 fully saturated rings. The minimum Gasteiger partial charge on any atom is -0.622 e. The molecule has 0 bridgehead atoms. The number of rotatable bonds is 3. The second-order valence-corrected chi connectivity index (χ2v) is 11.2. The van der Waals surface area contributed by atoms with E-state index in [1.165, 1.54) is 16.3 Å². The Balaban J connectivity index is 0.00000245. The fourth-order valence-corrected chi connectivity index (χ4v) is 5.96. The Morgan fingerprint density at radius 1 is 1.38 bits per heavy atom. The minimum absolute atomic E-state index is 0. The van der Waals surface area contributed by atoms with Crippen LogP contribution in [0.2, 0.25) is 5.02 Å². The molecule has 2 aliphatic rings. The zero-order valence-electron chi connectivity index (χ0n) is 16.4. The van der Waals surface area contributed by atoms with Gasteiger partial charge in [0.2, 0.25) is 5.95 Å². The maximum atomic E-state index is 12.4. The number of nitrogens with one attached hydrogen (secondary N) is 1. The van der Waals surface area contributed by atoms with Crippen molar-refractivity contribution in [3.8, 4) is 0 Å². The van der Waals surface area contributed by atoms with Gasteiger partial charge in [0.15, 0.2) is 28.7 Å². The Kier molecular flexibility index (Phi) is 7.20. The number of ether oxygens (including phenoxy) is 1. The van der Waals surface area contributed by atoms with Crippen LogP contribution in [0.1, 0.15) is 6.23 Å². The summed E-state index contributed by atoms with van der Waals surface area (Å²) in [6.45, 7) is -0.0819. The average molecular weight is 527 g/mol. The second kappa shape index (κ2) is 9.33. The molecule has 4 N–H and O–H groups in total. The molecule has 5 rings (SSSR count). The number of aromatic amines is 1. The fraction of sp³-hybridized carbons (Fsp3) is 0.312. The van der Waals surface area contributed by atoms with E-state index in [1.54, 1.807) is 24.3 Å². The first-order valence-electron chi connectivity index (χ1n) is 8.92. The summed E-state index contributed by atoms with van der Waals surface area (Å²) >= 11 is 11.0. The van der Waals surface area contributed by atoms with Gasteiger partial charge in [-0.3, -0.25) is 14.3 Å². The van der Waals surface area contributed by atoms with Crippen LogP contribution in [0.15, 0.2) is 39.1 Å². The monoisotopic (exact) mass is 526 g/mol. The SMILES string of the molecule is Nc1nc2c(nc(Sc3ccc(Cl)cc3)n2[C@@H]2OC3CO[P+]([O-])(S)O[C@@H]3C2O)c(=O)[nH]1.[Na+]. The zero-order chi connectivity index (χ0) is 21.9. The molecule has 0 saturated carbocycles. The molecule has 3 aromatic rings. The van der Waals surface area contributed by atoms with E-state index in [9.17, 15) is 14.8 Å². The van der Waals surface area contributed by atoms with Crippen LogP contribution in [0.5, 0.6) is 0 Å². The Morgan fingerprint density at radius 3 is 2.81 bits per heavy atom. The number of thiol groups is 1. The summed E-state index contributed by atoms with van der Waals surface area (Å²) in [5.74, 6) is -0.119. The van der Waals surface area contributed by atoms with Crippen molar-refractivity contribution in [3.05, 3.63) is 39.6 Å². The Labute approximate surface area is 218 Å². The zero-order valence-corrected chi connectivity index (χ0v) is 21.8. The van der Waals surface area contributed by atoms with Crippen molar-refractivity contribution in [1.82, 2.24) is 19.5 Å². The number of hydrogen-bond acceptors (Lipinski definition) is 11. The minimum atomic E-state index is -3.61. The van der Waals surface area contributed by atoms with E-state index in [-0.39, 0.29) is 53.3 Å². The number of hydrogen-bond donors (Lipinski definition) is 4. The standard InChI is InChI=1S/C16H15ClN5O6PS2.Na/c17-6-1-3-7(4-2-6)31-16-19-9-12(20-15(18)21-13(9)24)22(16)14-10(23)11-8(27-14)5-26-29(25,30)28-11;/h1-4,8,10-11,14,23H,5H2,(H,25,30)(H3,18,20,21,24);/q;+1/t8?,10?,11-,14+,29?;/m0./s1. The number of aliphatic hydroxyl groups excluding tert-OH is 1. The van der Waals surface area contributed by atoms with E-state index in [1.807, 2.05) is 0 Å². The number of nitrogens with zero attached hydrogens (tertiary/aromatic N) is 3. The van der Waals surface area contributed by atoms with E-state index in [4.69, 9.17) is 31.1 Å². The number of nitrogen functional groups attached to an aromatic ring is 1. The molecule has 0 aliphatic carbocycles. The number of H-pyrrole nitrogens is 1. The number of nitrogens with two attached hydrogens (primary N) is 1. The van der Waals surface area contributed by atoms with Gasteiger partial charge in [0.25, 0.3) is 12.7 Å². The topological polar surface area (TPSA) is 161 Å². The van der Waals surface area contributed by atoms with E-state index < -0.39 is 37.2 Å². The number of aromatic nitrogens is 4. The molecule has 2 aromatic heterocycles. The number of imidazole rings is 1. The van der Waals surface area contributed by atoms with Gasteiger partial charge in [-0.1, -0.05) is 23.4 Å². The molecule has 0 radical (unpaired) electrons. The van der Waals surface area contributed by atoms with Crippen LogP contribution in [-0.2, 0) is 13.8 Å². The summed E-state index contributed by atoms with van der Waals surface area (Å²) in [5, 5.41) is 11.8. The van der Waals surface area contributed by atoms with Crippen LogP contribution < -0.4 is 45.7 Å². The summed E-state index contributed by atoms with van der Waals surface area (Å²) in [6.07, 6.45) is -3.98.